The van der Waals surface area contributed by atoms with Crippen LogP contribution in [0.5, 0.6) is 0 Å². The Kier molecular flexibility index (Phi) is 14.4. The van der Waals surface area contributed by atoms with Crippen LogP contribution in [0.1, 0.15) is 103 Å². The lowest BCUT2D eigenvalue weighted by Crippen LogP contribution is -2.37. The highest BCUT2D eigenvalue weighted by molar-refractivity contribution is 5.78. The van der Waals surface area contributed by atoms with Gasteiger partial charge in [-0.1, -0.05) is 76.9 Å². The first kappa shape index (κ1) is 24.2. The Morgan fingerprint density at radius 3 is 1.85 bits per heavy atom. The standard InChI is InChI=1S/C23H43NO3/c1-2-3-4-5-6-7-8-9-10-11-12-13-14-15-16-17-18-22-24-23(19-25,20-26)21-27-22/h9-10,25-26H,2-8,11-21H2,1H3/b10-9-. The van der Waals surface area contributed by atoms with Crippen molar-refractivity contribution >= 4 is 5.90 Å². The van der Waals surface area contributed by atoms with Gasteiger partial charge in [-0.25, -0.2) is 4.99 Å². The fraction of sp³-hybridized carbons (Fsp3) is 0.870. The van der Waals surface area contributed by atoms with E-state index < -0.39 is 5.54 Å². The molecule has 0 aromatic heterocycles. The van der Waals surface area contributed by atoms with Gasteiger partial charge < -0.3 is 14.9 Å². The van der Waals surface area contributed by atoms with Gasteiger partial charge in [-0.3, -0.25) is 0 Å². The van der Waals surface area contributed by atoms with Crippen molar-refractivity contribution < 1.29 is 14.9 Å². The van der Waals surface area contributed by atoms with E-state index in [1.54, 1.807) is 0 Å². The molecule has 4 nitrogen and oxygen atoms in total. The van der Waals surface area contributed by atoms with E-state index in [0.29, 0.717) is 12.5 Å². The summed E-state index contributed by atoms with van der Waals surface area (Å²) in [5.41, 5.74) is -0.794. The summed E-state index contributed by atoms with van der Waals surface area (Å²) < 4.78 is 5.50. The summed E-state index contributed by atoms with van der Waals surface area (Å²) in [6.45, 7) is 2.27. The normalized spacial score (nSPS) is 16.0. The quantitative estimate of drug-likeness (QED) is 0.241. The van der Waals surface area contributed by atoms with Gasteiger partial charge in [0.2, 0.25) is 0 Å². The highest BCUT2D eigenvalue weighted by Crippen LogP contribution is 2.20. The first-order valence-corrected chi connectivity index (χ1v) is 11.3. The van der Waals surface area contributed by atoms with E-state index in [1.807, 2.05) is 0 Å². The van der Waals surface area contributed by atoms with Crippen molar-refractivity contribution in [1.82, 2.24) is 0 Å². The summed E-state index contributed by atoms with van der Waals surface area (Å²) in [5.74, 6) is 0.702. The summed E-state index contributed by atoms with van der Waals surface area (Å²) in [6, 6.07) is 0. The van der Waals surface area contributed by atoms with Crippen LogP contribution in [0, 0.1) is 0 Å². The summed E-state index contributed by atoms with van der Waals surface area (Å²) >= 11 is 0. The Hall–Kier alpha value is -0.870. The SMILES string of the molecule is CCCCCCCC/C=C\CCCCCCCCC1=NC(CO)(CO)CO1. The molecule has 1 aliphatic heterocycles. The first-order chi connectivity index (χ1) is 13.3. The molecular formula is C23H43NO3. The predicted molar refractivity (Wildman–Crippen MR) is 114 cm³/mol. The molecule has 0 aromatic carbocycles. The zero-order valence-electron chi connectivity index (χ0n) is 17.6. The van der Waals surface area contributed by atoms with Gasteiger partial charge in [0.15, 0.2) is 5.90 Å². The third-order valence-electron chi connectivity index (χ3n) is 5.36. The Balaban J connectivity index is 1.85. The molecule has 4 heteroatoms. The van der Waals surface area contributed by atoms with Crippen molar-refractivity contribution in [2.75, 3.05) is 19.8 Å². The van der Waals surface area contributed by atoms with Crippen LogP contribution in [0.3, 0.4) is 0 Å². The largest absolute Gasteiger partial charge is 0.478 e. The van der Waals surface area contributed by atoms with Gasteiger partial charge in [-0.05, 0) is 32.1 Å². The van der Waals surface area contributed by atoms with Crippen LogP contribution in [0.4, 0.5) is 0 Å². The number of unbranched alkanes of at least 4 members (excludes halogenated alkanes) is 12. The molecular weight excluding hydrogens is 338 g/mol. The number of aliphatic hydroxyl groups is 2. The molecule has 1 rings (SSSR count). The number of nitrogens with zero attached hydrogens (tertiary/aromatic N) is 1. The lowest BCUT2D eigenvalue weighted by Gasteiger charge is -2.16. The van der Waals surface area contributed by atoms with Crippen molar-refractivity contribution in [3.05, 3.63) is 12.2 Å². The number of hydrogen-bond acceptors (Lipinski definition) is 4. The topological polar surface area (TPSA) is 62.1 Å². The zero-order valence-corrected chi connectivity index (χ0v) is 17.6. The molecule has 1 aliphatic rings. The second-order valence-electron chi connectivity index (χ2n) is 8.02. The molecule has 2 N–H and O–H groups in total. The molecule has 0 aliphatic carbocycles. The van der Waals surface area contributed by atoms with Gasteiger partial charge >= 0.3 is 0 Å². The average Bonchev–Trinajstić information content (AvgIpc) is 3.12. The molecule has 0 saturated heterocycles. The van der Waals surface area contributed by atoms with Crippen LogP contribution in [0.25, 0.3) is 0 Å². The van der Waals surface area contributed by atoms with E-state index in [9.17, 15) is 10.2 Å². The number of ether oxygens (including phenoxy) is 1. The van der Waals surface area contributed by atoms with Crippen LogP contribution in [0.2, 0.25) is 0 Å². The molecule has 0 spiro atoms. The molecule has 158 valence electrons. The van der Waals surface area contributed by atoms with E-state index in [0.717, 1.165) is 12.8 Å². The Bertz CT molecular complexity index is 402. The van der Waals surface area contributed by atoms with Crippen molar-refractivity contribution in [3.63, 3.8) is 0 Å². The molecule has 0 unspecified atom stereocenters. The minimum Gasteiger partial charge on any atom is -0.478 e. The summed E-state index contributed by atoms with van der Waals surface area (Å²) in [5, 5.41) is 18.6. The maximum Gasteiger partial charge on any atom is 0.184 e. The van der Waals surface area contributed by atoms with E-state index >= 15 is 0 Å². The molecule has 0 aromatic rings. The maximum absolute atomic E-state index is 9.29. The van der Waals surface area contributed by atoms with Gasteiger partial charge in [0.1, 0.15) is 12.1 Å². The molecule has 27 heavy (non-hydrogen) atoms. The Morgan fingerprint density at radius 2 is 1.33 bits per heavy atom. The predicted octanol–water partition coefficient (Wildman–Crippen LogP) is 5.57. The molecule has 0 radical (unpaired) electrons. The van der Waals surface area contributed by atoms with Crippen molar-refractivity contribution in [3.8, 4) is 0 Å². The Labute approximate surface area is 167 Å². The minimum absolute atomic E-state index is 0.152. The molecule has 0 amide bonds. The molecule has 0 saturated carbocycles. The molecule has 1 heterocycles. The van der Waals surface area contributed by atoms with E-state index in [1.165, 1.54) is 83.5 Å². The minimum atomic E-state index is -0.794. The van der Waals surface area contributed by atoms with Crippen LogP contribution in [-0.2, 0) is 4.74 Å². The fourth-order valence-electron chi connectivity index (χ4n) is 3.41. The van der Waals surface area contributed by atoms with Crippen molar-refractivity contribution in [1.29, 1.82) is 0 Å². The van der Waals surface area contributed by atoms with Gasteiger partial charge in [-0.15, -0.1) is 0 Å². The second kappa shape index (κ2) is 16.1. The zero-order chi connectivity index (χ0) is 19.6. The van der Waals surface area contributed by atoms with Crippen LogP contribution < -0.4 is 0 Å². The third kappa shape index (κ3) is 11.5. The molecule has 0 bridgehead atoms. The molecule has 0 atom stereocenters. The van der Waals surface area contributed by atoms with Crippen LogP contribution >= 0.6 is 0 Å². The van der Waals surface area contributed by atoms with Gasteiger partial charge in [-0.2, -0.15) is 0 Å². The Morgan fingerprint density at radius 1 is 0.815 bits per heavy atom. The maximum atomic E-state index is 9.29. The van der Waals surface area contributed by atoms with E-state index in [4.69, 9.17) is 4.74 Å². The van der Waals surface area contributed by atoms with Gasteiger partial charge in [0.25, 0.3) is 0 Å². The van der Waals surface area contributed by atoms with Crippen molar-refractivity contribution in [2.45, 2.75) is 109 Å². The average molecular weight is 382 g/mol. The first-order valence-electron chi connectivity index (χ1n) is 11.3. The summed E-state index contributed by atoms with van der Waals surface area (Å²) in [7, 11) is 0. The highest BCUT2D eigenvalue weighted by Gasteiger charge is 2.35. The number of rotatable bonds is 18. The second-order valence-corrected chi connectivity index (χ2v) is 8.02. The number of aliphatic hydroxyl groups excluding tert-OH is 2. The summed E-state index contributed by atoms with van der Waals surface area (Å²) in [6.07, 6.45) is 23.8. The van der Waals surface area contributed by atoms with Crippen molar-refractivity contribution in [2.24, 2.45) is 4.99 Å². The monoisotopic (exact) mass is 381 g/mol. The number of hydrogen-bond donors (Lipinski definition) is 2. The summed E-state index contributed by atoms with van der Waals surface area (Å²) in [4.78, 5) is 4.35. The third-order valence-corrected chi connectivity index (χ3v) is 5.36. The number of aliphatic imine (C=N–C) groups is 1. The number of allylic oxidation sites excluding steroid dienone is 2. The fourth-order valence-corrected chi connectivity index (χ4v) is 3.41. The van der Waals surface area contributed by atoms with Gasteiger partial charge in [0, 0.05) is 6.42 Å². The molecule has 0 fully saturated rings. The highest BCUT2D eigenvalue weighted by atomic mass is 16.5. The van der Waals surface area contributed by atoms with Gasteiger partial charge in [0.05, 0.1) is 13.2 Å². The van der Waals surface area contributed by atoms with Crippen LogP contribution in [0.15, 0.2) is 17.1 Å². The smallest absolute Gasteiger partial charge is 0.184 e. The lowest BCUT2D eigenvalue weighted by molar-refractivity contribution is 0.0972. The lowest BCUT2D eigenvalue weighted by atomic mass is 10.1. The van der Waals surface area contributed by atoms with E-state index in [2.05, 4.69) is 24.1 Å². The van der Waals surface area contributed by atoms with E-state index in [-0.39, 0.29) is 13.2 Å². The van der Waals surface area contributed by atoms with Crippen LogP contribution in [-0.4, -0.2) is 41.5 Å².